The van der Waals surface area contributed by atoms with Gasteiger partial charge in [-0.3, -0.25) is 19.2 Å². The Morgan fingerprint density at radius 2 is 1.50 bits per heavy atom. The zero-order chi connectivity index (χ0) is 28.8. The molecule has 1 fully saturated rings. The number of benzene rings is 3. The molecule has 40 heavy (non-hydrogen) atoms. The molecule has 3 aromatic rings. The summed E-state index contributed by atoms with van der Waals surface area (Å²) >= 11 is 0. The van der Waals surface area contributed by atoms with Crippen molar-refractivity contribution in [2.75, 3.05) is 0 Å². The van der Waals surface area contributed by atoms with Crippen molar-refractivity contribution in [2.24, 2.45) is 11.7 Å². The van der Waals surface area contributed by atoms with E-state index in [1.807, 2.05) is 56.3 Å². The van der Waals surface area contributed by atoms with Gasteiger partial charge in [-0.15, -0.1) is 0 Å². The fraction of sp³-hybridized carbons (Fsp3) is 0.333. The van der Waals surface area contributed by atoms with Crippen LogP contribution in [0.5, 0.6) is 5.75 Å². The highest BCUT2D eigenvalue weighted by atomic mass is 16.6. The first-order valence-electron chi connectivity index (χ1n) is 13.2. The van der Waals surface area contributed by atoms with Crippen molar-refractivity contribution in [3.8, 4) is 5.75 Å². The summed E-state index contributed by atoms with van der Waals surface area (Å²) in [6.45, 7) is 4.07. The molecule has 0 aliphatic carbocycles. The molecule has 210 valence electrons. The van der Waals surface area contributed by atoms with Gasteiger partial charge in [0, 0.05) is 13.0 Å². The molecule has 1 saturated heterocycles. The molecule has 0 unspecified atom stereocenters. The highest BCUT2D eigenvalue weighted by Gasteiger charge is 2.51. The van der Waals surface area contributed by atoms with E-state index < -0.39 is 47.9 Å². The van der Waals surface area contributed by atoms with Gasteiger partial charge in [-0.2, -0.15) is 0 Å². The number of fused-ring (bicyclic) bond motifs is 1. The summed E-state index contributed by atoms with van der Waals surface area (Å²) < 4.78 is 5.34. The molecular formula is C30H34N4O6. The molecule has 10 nitrogen and oxygen atoms in total. The number of hydrogen-bond acceptors (Lipinski definition) is 6. The summed E-state index contributed by atoms with van der Waals surface area (Å²) in [6.07, 6.45) is -1.54. The van der Waals surface area contributed by atoms with Crippen LogP contribution in [-0.4, -0.2) is 53.0 Å². The Kier molecular flexibility index (Phi) is 9.00. The Bertz CT molecular complexity index is 1390. The number of aromatic hydroxyl groups is 1. The average Bonchev–Trinajstić information content (AvgIpc) is 3.73. The van der Waals surface area contributed by atoms with Crippen molar-refractivity contribution in [3.63, 3.8) is 0 Å². The molecule has 10 heteroatoms. The second-order valence-corrected chi connectivity index (χ2v) is 10.4. The molecule has 0 bridgehead atoms. The topological polar surface area (TPSA) is 163 Å². The van der Waals surface area contributed by atoms with Gasteiger partial charge in [0.05, 0.1) is 0 Å². The van der Waals surface area contributed by atoms with E-state index in [-0.39, 0.29) is 24.6 Å². The molecule has 4 atom stereocenters. The van der Waals surface area contributed by atoms with Crippen LogP contribution in [0, 0.1) is 5.92 Å². The number of rotatable bonds is 12. The van der Waals surface area contributed by atoms with E-state index in [2.05, 4.69) is 16.0 Å². The van der Waals surface area contributed by atoms with Crippen molar-refractivity contribution in [3.05, 3.63) is 77.9 Å². The molecule has 0 spiro atoms. The van der Waals surface area contributed by atoms with Crippen LogP contribution in [-0.2, 0) is 36.9 Å². The lowest BCUT2D eigenvalue weighted by Crippen LogP contribution is -2.54. The molecule has 3 aromatic carbocycles. The van der Waals surface area contributed by atoms with E-state index >= 15 is 0 Å². The summed E-state index contributed by atoms with van der Waals surface area (Å²) in [5, 5.41) is 19.7. The first kappa shape index (κ1) is 28.6. The molecule has 1 aliphatic heterocycles. The lowest BCUT2D eigenvalue weighted by Gasteiger charge is -2.23. The van der Waals surface area contributed by atoms with Crippen LogP contribution >= 0.6 is 0 Å². The fourth-order valence-electron chi connectivity index (χ4n) is 4.47. The van der Waals surface area contributed by atoms with Gasteiger partial charge in [0.2, 0.25) is 11.8 Å². The number of nitrogens with one attached hydrogen (secondary N) is 3. The second kappa shape index (κ2) is 12.6. The Balaban J connectivity index is 1.31. The number of ether oxygens (including phenoxy) is 1. The highest BCUT2D eigenvalue weighted by Crippen LogP contribution is 2.23. The summed E-state index contributed by atoms with van der Waals surface area (Å²) in [5.74, 6) is -2.18. The summed E-state index contributed by atoms with van der Waals surface area (Å²) in [4.78, 5) is 50.6. The van der Waals surface area contributed by atoms with E-state index in [4.69, 9.17) is 10.5 Å². The van der Waals surface area contributed by atoms with Crippen LogP contribution in [0.25, 0.3) is 10.8 Å². The zero-order valence-corrected chi connectivity index (χ0v) is 22.4. The number of phenolic OH excluding ortho intramolecular Hbond substituents is 1. The number of carbonyl (C=O) groups excluding carboxylic acids is 4. The number of phenols is 1. The minimum Gasteiger partial charge on any atom is -0.508 e. The van der Waals surface area contributed by atoms with Crippen molar-refractivity contribution >= 4 is 34.4 Å². The molecule has 0 aromatic heterocycles. The lowest BCUT2D eigenvalue weighted by atomic mass is 10.0. The third-order valence-corrected chi connectivity index (χ3v) is 6.67. The molecule has 6 N–H and O–H groups in total. The predicted octanol–water partition coefficient (Wildman–Crippen LogP) is 1.67. The van der Waals surface area contributed by atoms with Gasteiger partial charge < -0.3 is 31.5 Å². The van der Waals surface area contributed by atoms with E-state index in [1.54, 1.807) is 12.1 Å². The largest absolute Gasteiger partial charge is 0.508 e. The third-order valence-electron chi connectivity index (χ3n) is 6.67. The lowest BCUT2D eigenvalue weighted by molar-refractivity contribution is -0.132. The van der Waals surface area contributed by atoms with Gasteiger partial charge in [-0.1, -0.05) is 62.4 Å². The Labute approximate surface area is 232 Å². The van der Waals surface area contributed by atoms with Crippen LogP contribution in [0.4, 0.5) is 0 Å². The summed E-state index contributed by atoms with van der Waals surface area (Å²) in [7, 11) is 0. The van der Waals surface area contributed by atoms with Crippen molar-refractivity contribution < 1.29 is 29.0 Å². The molecule has 4 rings (SSSR count). The van der Waals surface area contributed by atoms with Crippen LogP contribution in [0.2, 0.25) is 0 Å². The predicted molar refractivity (Wildman–Crippen MR) is 149 cm³/mol. The van der Waals surface area contributed by atoms with E-state index in [0.29, 0.717) is 12.0 Å². The summed E-state index contributed by atoms with van der Waals surface area (Å²) in [5.41, 5.74) is 7.12. The van der Waals surface area contributed by atoms with E-state index in [9.17, 15) is 24.3 Å². The van der Waals surface area contributed by atoms with Gasteiger partial charge in [0.15, 0.2) is 12.2 Å². The highest BCUT2D eigenvalue weighted by molar-refractivity contribution is 5.97. The monoisotopic (exact) mass is 546 g/mol. The van der Waals surface area contributed by atoms with E-state index in [1.165, 1.54) is 12.1 Å². The number of nitrogens with two attached hydrogens (primary N) is 1. The quantitative estimate of drug-likeness (QED) is 0.217. The van der Waals surface area contributed by atoms with Gasteiger partial charge in [-0.25, -0.2) is 0 Å². The molecule has 0 radical (unpaired) electrons. The molecule has 4 amide bonds. The van der Waals surface area contributed by atoms with Crippen LogP contribution in [0.3, 0.4) is 0 Å². The fourth-order valence-corrected chi connectivity index (χ4v) is 4.47. The third kappa shape index (κ3) is 7.57. The second-order valence-electron chi connectivity index (χ2n) is 10.4. The van der Waals surface area contributed by atoms with Gasteiger partial charge >= 0.3 is 0 Å². The van der Waals surface area contributed by atoms with Crippen LogP contribution in [0.15, 0.2) is 66.7 Å². The van der Waals surface area contributed by atoms with Crippen molar-refractivity contribution in [2.45, 2.75) is 57.5 Å². The first-order valence-corrected chi connectivity index (χ1v) is 13.2. The van der Waals surface area contributed by atoms with Gasteiger partial charge in [0.25, 0.3) is 11.8 Å². The average molecular weight is 547 g/mol. The molecule has 1 heterocycles. The van der Waals surface area contributed by atoms with Crippen molar-refractivity contribution in [1.29, 1.82) is 0 Å². The molecule has 0 saturated carbocycles. The Hall–Kier alpha value is -4.44. The maximum absolute atomic E-state index is 13.1. The first-order chi connectivity index (χ1) is 19.1. The number of hydrogen-bond donors (Lipinski definition) is 5. The smallest absolute Gasteiger partial charge is 0.253 e. The van der Waals surface area contributed by atoms with Gasteiger partial charge in [-0.05, 0) is 52.4 Å². The standard InChI is InChI=1S/C30H34N4O6/c1-17(2)13-24(28(37)33-23(27(31)36)15-18-8-11-22(35)12-9-18)34-30(39)26-25(40-26)29(38)32-16-19-7-10-20-5-3-4-6-21(20)14-19/h3-12,14,17,23-26,35H,13,15-16H2,1-2H3,(H2,31,36)(H,32,38)(H,33,37)(H,34,39)/t23-,24-,25-,26-/m0/s1. The molecule has 1 aliphatic rings. The maximum atomic E-state index is 13.1. The maximum Gasteiger partial charge on any atom is 0.253 e. The Morgan fingerprint density at radius 3 is 2.17 bits per heavy atom. The Morgan fingerprint density at radius 1 is 0.850 bits per heavy atom. The van der Waals surface area contributed by atoms with Crippen molar-refractivity contribution in [1.82, 2.24) is 16.0 Å². The zero-order valence-electron chi connectivity index (χ0n) is 22.4. The molecular weight excluding hydrogens is 512 g/mol. The SMILES string of the molecule is CC(C)C[C@H](NC(=O)[C@H]1O[C@@H]1C(=O)NCc1ccc2ccccc2c1)C(=O)N[C@@H](Cc1ccc(O)cc1)C(N)=O. The minimum atomic E-state index is -1.02. The number of amides is 4. The normalized spacial score (nSPS) is 17.6. The van der Waals surface area contributed by atoms with Gasteiger partial charge in [0.1, 0.15) is 17.8 Å². The number of primary amides is 1. The van der Waals surface area contributed by atoms with Crippen LogP contribution < -0.4 is 21.7 Å². The number of epoxide rings is 1. The minimum absolute atomic E-state index is 0.0429. The van der Waals surface area contributed by atoms with E-state index in [0.717, 1.165) is 16.3 Å². The van der Waals surface area contributed by atoms with Crippen LogP contribution in [0.1, 0.15) is 31.4 Å². The summed E-state index contributed by atoms with van der Waals surface area (Å²) in [6, 6.07) is 18.0. The number of carbonyl (C=O) groups is 4.